The maximum atomic E-state index is 12.4. The van der Waals surface area contributed by atoms with Crippen LogP contribution in [0.15, 0.2) is 70.5 Å². The number of carbonyl (C=O) groups excluding carboxylic acids is 2. The van der Waals surface area contributed by atoms with Gasteiger partial charge in [0, 0.05) is 22.2 Å². The minimum absolute atomic E-state index is 0.240. The summed E-state index contributed by atoms with van der Waals surface area (Å²) in [5, 5.41) is 5.58. The number of para-hydroxylation sites is 2. The average molecular weight is 457 g/mol. The lowest BCUT2D eigenvalue weighted by molar-refractivity contribution is -0.111. The second-order valence-corrected chi connectivity index (χ2v) is 8.19. The first-order valence-corrected chi connectivity index (χ1v) is 9.95. The van der Waals surface area contributed by atoms with Gasteiger partial charge in [-0.15, -0.1) is 11.3 Å². The van der Waals surface area contributed by atoms with Gasteiger partial charge in [-0.2, -0.15) is 0 Å². The fraction of sp³-hybridized carbons (Fsp3) is 0.0476. The van der Waals surface area contributed by atoms with E-state index in [1.165, 1.54) is 6.08 Å². The molecule has 0 aliphatic rings. The number of amides is 2. The summed E-state index contributed by atoms with van der Waals surface area (Å²) in [6.45, 7) is 0. The molecule has 0 atom stereocenters. The molecular formula is C21H17BrN2O3S. The summed E-state index contributed by atoms with van der Waals surface area (Å²) in [6.07, 6.45) is 3.22. The van der Waals surface area contributed by atoms with E-state index in [0.717, 1.165) is 8.66 Å². The Kier molecular flexibility index (Phi) is 6.62. The van der Waals surface area contributed by atoms with E-state index < -0.39 is 0 Å². The van der Waals surface area contributed by atoms with Crippen molar-refractivity contribution in [3.8, 4) is 5.75 Å². The second kappa shape index (κ2) is 9.34. The minimum Gasteiger partial charge on any atom is -0.495 e. The van der Waals surface area contributed by atoms with Gasteiger partial charge in [0.1, 0.15) is 5.75 Å². The van der Waals surface area contributed by atoms with Crippen LogP contribution in [0.25, 0.3) is 6.08 Å². The molecule has 3 aromatic rings. The summed E-state index contributed by atoms with van der Waals surface area (Å²) in [5.74, 6) is 0.0885. The standard InChI is InChI=1S/C21H17BrN2O3S/c1-27-18-5-3-2-4-17(18)24-21(26)14-6-8-15(9-7-14)23-20(25)13-11-16-10-12-19(22)28-16/h2-13H,1H3,(H,23,25)(H,24,26)/b13-11+. The number of benzene rings is 2. The molecule has 0 aliphatic carbocycles. The topological polar surface area (TPSA) is 67.4 Å². The van der Waals surface area contributed by atoms with Crippen LogP contribution in [0.5, 0.6) is 5.75 Å². The Morgan fingerprint density at radius 2 is 1.75 bits per heavy atom. The first-order chi connectivity index (χ1) is 13.5. The van der Waals surface area contributed by atoms with Crippen molar-refractivity contribution in [3.63, 3.8) is 0 Å². The Morgan fingerprint density at radius 3 is 2.43 bits per heavy atom. The number of nitrogens with one attached hydrogen (secondary N) is 2. The number of ether oxygens (including phenoxy) is 1. The number of hydrogen-bond acceptors (Lipinski definition) is 4. The number of rotatable bonds is 6. The number of carbonyl (C=O) groups is 2. The molecular weight excluding hydrogens is 440 g/mol. The van der Waals surface area contributed by atoms with Gasteiger partial charge in [0.2, 0.25) is 5.91 Å². The van der Waals surface area contributed by atoms with Gasteiger partial charge in [0.15, 0.2) is 0 Å². The molecule has 2 N–H and O–H groups in total. The zero-order valence-corrected chi connectivity index (χ0v) is 17.3. The molecule has 7 heteroatoms. The number of methoxy groups -OCH3 is 1. The molecule has 2 amide bonds. The lowest BCUT2D eigenvalue weighted by Gasteiger charge is -2.10. The smallest absolute Gasteiger partial charge is 0.255 e. The molecule has 0 aliphatic heterocycles. The summed E-state index contributed by atoms with van der Waals surface area (Å²) in [5.41, 5.74) is 1.68. The Morgan fingerprint density at radius 1 is 1.00 bits per heavy atom. The van der Waals surface area contributed by atoms with Crippen LogP contribution in [-0.2, 0) is 4.79 Å². The van der Waals surface area contributed by atoms with Gasteiger partial charge in [0.05, 0.1) is 16.6 Å². The van der Waals surface area contributed by atoms with Gasteiger partial charge >= 0.3 is 0 Å². The van der Waals surface area contributed by atoms with Crippen LogP contribution in [0.1, 0.15) is 15.2 Å². The summed E-state index contributed by atoms with van der Waals surface area (Å²) >= 11 is 4.93. The van der Waals surface area contributed by atoms with E-state index in [2.05, 4.69) is 26.6 Å². The minimum atomic E-state index is -0.259. The monoisotopic (exact) mass is 456 g/mol. The molecule has 0 radical (unpaired) electrons. The Bertz CT molecular complexity index is 1010. The molecule has 0 bridgehead atoms. The van der Waals surface area contributed by atoms with E-state index in [1.54, 1.807) is 60.9 Å². The molecule has 0 fully saturated rings. The quantitative estimate of drug-likeness (QED) is 0.486. The third kappa shape index (κ3) is 5.31. The number of anilines is 2. The summed E-state index contributed by atoms with van der Waals surface area (Å²) < 4.78 is 6.24. The van der Waals surface area contributed by atoms with Gasteiger partial charge in [-0.3, -0.25) is 9.59 Å². The van der Waals surface area contributed by atoms with E-state index in [0.29, 0.717) is 22.7 Å². The highest BCUT2D eigenvalue weighted by atomic mass is 79.9. The Labute approximate surface area is 175 Å². The van der Waals surface area contributed by atoms with Crippen molar-refractivity contribution in [2.24, 2.45) is 0 Å². The highest BCUT2D eigenvalue weighted by molar-refractivity contribution is 9.11. The van der Waals surface area contributed by atoms with Gasteiger partial charge < -0.3 is 15.4 Å². The molecule has 0 saturated heterocycles. The molecule has 142 valence electrons. The molecule has 3 rings (SSSR count). The van der Waals surface area contributed by atoms with Crippen molar-refractivity contribution in [3.05, 3.63) is 81.0 Å². The van der Waals surface area contributed by atoms with E-state index in [9.17, 15) is 9.59 Å². The molecule has 0 spiro atoms. The normalized spacial score (nSPS) is 10.6. The van der Waals surface area contributed by atoms with Crippen LogP contribution in [0, 0.1) is 0 Å². The third-order valence-corrected chi connectivity index (χ3v) is 5.35. The van der Waals surface area contributed by atoms with Crippen LogP contribution in [0.2, 0.25) is 0 Å². The number of hydrogen-bond donors (Lipinski definition) is 2. The van der Waals surface area contributed by atoms with Gasteiger partial charge in [0.25, 0.3) is 5.91 Å². The van der Waals surface area contributed by atoms with Crippen LogP contribution in [0.3, 0.4) is 0 Å². The molecule has 5 nitrogen and oxygen atoms in total. The Balaban J connectivity index is 1.60. The van der Waals surface area contributed by atoms with Crippen molar-refractivity contribution in [2.45, 2.75) is 0 Å². The highest BCUT2D eigenvalue weighted by Crippen LogP contribution is 2.24. The van der Waals surface area contributed by atoms with Crippen molar-refractivity contribution in [1.82, 2.24) is 0 Å². The van der Waals surface area contributed by atoms with Crippen LogP contribution < -0.4 is 15.4 Å². The maximum absolute atomic E-state index is 12.4. The first-order valence-electron chi connectivity index (χ1n) is 8.34. The fourth-order valence-electron chi connectivity index (χ4n) is 2.41. The van der Waals surface area contributed by atoms with Gasteiger partial charge in [-0.25, -0.2) is 0 Å². The first kappa shape index (κ1) is 19.9. The zero-order valence-electron chi connectivity index (χ0n) is 14.9. The van der Waals surface area contributed by atoms with Gasteiger partial charge in [-0.05, 0) is 70.5 Å². The summed E-state index contributed by atoms with van der Waals surface area (Å²) in [6, 6.07) is 17.7. The lowest BCUT2D eigenvalue weighted by atomic mass is 10.2. The van der Waals surface area contributed by atoms with Crippen LogP contribution in [-0.4, -0.2) is 18.9 Å². The predicted octanol–water partition coefficient (Wildman–Crippen LogP) is 5.42. The average Bonchev–Trinajstić information content (AvgIpc) is 3.12. The van der Waals surface area contributed by atoms with E-state index in [4.69, 9.17) is 4.74 Å². The molecule has 0 unspecified atom stereocenters. The molecule has 28 heavy (non-hydrogen) atoms. The van der Waals surface area contributed by atoms with Crippen molar-refractivity contribution in [1.29, 1.82) is 0 Å². The lowest BCUT2D eigenvalue weighted by Crippen LogP contribution is -2.13. The molecule has 1 aromatic heterocycles. The number of thiophene rings is 1. The van der Waals surface area contributed by atoms with E-state index >= 15 is 0 Å². The third-order valence-electron chi connectivity index (χ3n) is 3.76. The van der Waals surface area contributed by atoms with Crippen molar-refractivity contribution >= 4 is 56.5 Å². The van der Waals surface area contributed by atoms with Crippen LogP contribution in [0.4, 0.5) is 11.4 Å². The summed E-state index contributed by atoms with van der Waals surface area (Å²) in [7, 11) is 1.55. The van der Waals surface area contributed by atoms with Gasteiger partial charge in [-0.1, -0.05) is 12.1 Å². The zero-order chi connectivity index (χ0) is 19.9. The van der Waals surface area contributed by atoms with Crippen LogP contribution >= 0.6 is 27.3 Å². The Hall–Kier alpha value is -2.90. The fourth-order valence-corrected chi connectivity index (χ4v) is 3.73. The van der Waals surface area contributed by atoms with Crippen molar-refractivity contribution < 1.29 is 14.3 Å². The summed E-state index contributed by atoms with van der Waals surface area (Å²) in [4.78, 5) is 25.4. The van der Waals surface area contributed by atoms with E-state index in [-0.39, 0.29) is 11.8 Å². The SMILES string of the molecule is COc1ccccc1NC(=O)c1ccc(NC(=O)/C=C/c2ccc(Br)s2)cc1. The van der Waals surface area contributed by atoms with E-state index in [1.807, 2.05) is 24.3 Å². The maximum Gasteiger partial charge on any atom is 0.255 e. The molecule has 0 saturated carbocycles. The molecule has 1 heterocycles. The number of halogens is 1. The molecule has 2 aromatic carbocycles. The predicted molar refractivity (Wildman–Crippen MR) is 117 cm³/mol. The largest absolute Gasteiger partial charge is 0.495 e. The highest BCUT2D eigenvalue weighted by Gasteiger charge is 2.09. The van der Waals surface area contributed by atoms with Crippen molar-refractivity contribution in [2.75, 3.05) is 17.7 Å². The second-order valence-electron chi connectivity index (χ2n) is 5.70.